The van der Waals surface area contributed by atoms with Crippen molar-refractivity contribution in [2.75, 3.05) is 46.1 Å². The number of ether oxygens (including phenoxy) is 2. The van der Waals surface area contributed by atoms with Crippen LogP contribution in [-0.4, -0.2) is 62.4 Å². The predicted molar refractivity (Wildman–Crippen MR) is 77.3 cm³/mol. The Labute approximate surface area is 117 Å². The molecule has 0 bridgehead atoms. The van der Waals surface area contributed by atoms with Crippen LogP contribution in [-0.2, 0) is 14.3 Å². The molecule has 1 amide bonds. The van der Waals surface area contributed by atoms with Crippen molar-refractivity contribution in [1.29, 1.82) is 0 Å². The molecule has 0 saturated carbocycles. The van der Waals surface area contributed by atoms with Gasteiger partial charge in [-0.25, -0.2) is 0 Å². The Kier molecular flexibility index (Phi) is 9.83. The molecule has 0 aliphatic rings. The van der Waals surface area contributed by atoms with Gasteiger partial charge in [-0.1, -0.05) is 0 Å². The number of amides is 1. The van der Waals surface area contributed by atoms with Gasteiger partial charge >= 0.3 is 0 Å². The van der Waals surface area contributed by atoms with Crippen molar-refractivity contribution in [3.63, 3.8) is 0 Å². The molecule has 114 valence electrons. The van der Waals surface area contributed by atoms with Gasteiger partial charge in [0.1, 0.15) is 0 Å². The highest BCUT2D eigenvalue weighted by Gasteiger charge is 2.16. The first-order chi connectivity index (χ1) is 8.90. The molecule has 5 nitrogen and oxygen atoms in total. The van der Waals surface area contributed by atoms with Crippen LogP contribution < -0.4 is 5.32 Å². The molecular formula is C14H30N2O3. The maximum absolute atomic E-state index is 12.1. The van der Waals surface area contributed by atoms with E-state index in [1.54, 1.807) is 4.90 Å². The maximum Gasteiger partial charge on any atom is 0.236 e. The summed E-state index contributed by atoms with van der Waals surface area (Å²) < 4.78 is 10.6. The summed E-state index contributed by atoms with van der Waals surface area (Å²) in [5.74, 6) is 0.0920. The second-order valence-electron chi connectivity index (χ2n) is 5.38. The minimum Gasteiger partial charge on any atom is -0.380 e. The lowest BCUT2D eigenvalue weighted by Crippen LogP contribution is -2.46. The van der Waals surface area contributed by atoms with Gasteiger partial charge in [-0.3, -0.25) is 4.79 Å². The molecule has 0 spiro atoms. The summed E-state index contributed by atoms with van der Waals surface area (Å²) in [6.45, 7) is 14.1. The molecule has 1 N–H and O–H groups in total. The van der Waals surface area contributed by atoms with Crippen molar-refractivity contribution < 1.29 is 14.3 Å². The maximum atomic E-state index is 12.1. The number of carbonyl (C=O) groups is 1. The van der Waals surface area contributed by atoms with Crippen molar-refractivity contribution in [2.24, 2.45) is 0 Å². The highest BCUT2D eigenvalue weighted by molar-refractivity contribution is 5.78. The van der Waals surface area contributed by atoms with E-state index in [-0.39, 0.29) is 11.4 Å². The van der Waals surface area contributed by atoms with E-state index >= 15 is 0 Å². The monoisotopic (exact) mass is 274 g/mol. The zero-order chi connectivity index (χ0) is 14.7. The lowest BCUT2D eigenvalue weighted by atomic mass is 10.1. The molecule has 0 aromatic heterocycles. The average molecular weight is 274 g/mol. The number of nitrogens with one attached hydrogen (secondary N) is 1. The fraction of sp³-hybridized carbons (Fsp3) is 0.929. The Bertz CT molecular complexity index is 229. The van der Waals surface area contributed by atoms with Gasteiger partial charge in [0.15, 0.2) is 0 Å². The smallest absolute Gasteiger partial charge is 0.236 e. The molecule has 0 saturated heterocycles. The Morgan fingerprint density at radius 1 is 1.05 bits per heavy atom. The zero-order valence-electron chi connectivity index (χ0n) is 13.1. The SMILES string of the molecule is CCOCCN(CCOCC)C(=O)CNC(C)(C)C. The summed E-state index contributed by atoms with van der Waals surface area (Å²) in [5.41, 5.74) is -0.0544. The van der Waals surface area contributed by atoms with Crippen LogP contribution in [0.5, 0.6) is 0 Å². The van der Waals surface area contributed by atoms with Crippen LogP contribution in [0, 0.1) is 0 Å². The van der Waals surface area contributed by atoms with Gasteiger partial charge in [0.05, 0.1) is 19.8 Å². The lowest BCUT2D eigenvalue weighted by molar-refractivity contribution is -0.132. The first kappa shape index (κ1) is 18.4. The number of carbonyl (C=O) groups excluding carboxylic acids is 1. The molecule has 0 fully saturated rings. The molecule has 0 unspecified atom stereocenters. The van der Waals surface area contributed by atoms with Gasteiger partial charge in [0.2, 0.25) is 5.91 Å². The van der Waals surface area contributed by atoms with Gasteiger partial charge < -0.3 is 19.7 Å². The third-order valence-electron chi connectivity index (χ3n) is 2.54. The molecule has 0 atom stereocenters. The van der Waals surface area contributed by atoms with Crippen LogP contribution in [0.3, 0.4) is 0 Å². The van der Waals surface area contributed by atoms with Crippen LogP contribution in [0.4, 0.5) is 0 Å². The minimum atomic E-state index is -0.0544. The molecule has 0 rings (SSSR count). The van der Waals surface area contributed by atoms with Gasteiger partial charge in [-0.2, -0.15) is 0 Å². The van der Waals surface area contributed by atoms with Crippen molar-refractivity contribution in [2.45, 2.75) is 40.2 Å². The number of hydrogen-bond donors (Lipinski definition) is 1. The van der Waals surface area contributed by atoms with Gasteiger partial charge in [-0.15, -0.1) is 0 Å². The van der Waals surface area contributed by atoms with E-state index in [1.165, 1.54) is 0 Å². The molecule has 5 heteroatoms. The third-order valence-corrected chi connectivity index (χ3v) is 2.54. The van der Waals surface area contributed by atoms with E-state index < -0.39 is 0 Å². The topological polar surface area (TPSA) is 50.8 Å². The summed E-state index contributed by atoms with van der Waals surface area (Å²) in [4.78, 5) is 13.9. The molecule has 19 heavy (non-hydrogen) atoms. The van der Waals surface area contributed by atoms with Gasteiger partial charge in [0, 0.05) is 31.8 Å². The quantitative estimate of drug-likeness (QED) is 0.610. The summed E-state index contributed by atoms with van der Waals surface area (Å²) in [7, 11) is 0. The van der Waals surface area contributed by atoms with Gasteiger partial charge in [-0.05, 0) is 34.6 Å². The van der Waals surface area contributed by atoms with Crippen molar-refractivity contribution in [3.8, 4) is 0 Å². The predicted octanol–water partition coefficient (Wildman–Crippen LogP) is 1.28. The van der Waals surface area contributed by atoms with E-state index in [0.29, 0.717) is 46.1 Å². The first-order valence-corrected chi connectivity index (χ1v) is 7.09. The lowest BCUT2D eigenvalue weighted by Gasteiger charge is -2.26. The van der Waals surface area contributed by atoms with E-state index in [4.69, 9.17) is 9.47 Å². The molecule has 0 aromatic rings. The van der Waals surface area contributed by atoms with E-state index in [2.05, 4.69) is 5.32 Å². The van der Waals surface area contributed by atoms with Crippen LogP contribution in [0.2, 0.25) is 0 Å². The minimum absolute atomic E-state index is 0.0544. The van der Waals surface area contributed by atoms with Crippen molar-refractivity contribution in [1.82, 2.24) is 10.2 Å². The molecule has 0 heterocycles. The molecule has 0 aromatic carbocycles. The fourth-order valence-electron chi connectivity index (χ4n) is 1.45. The summed E-state index contributed by atoms with van der Waals surface area (Å²) >= 11 is 0. The molecule has 0 radical (unpaired) electrons. The highest BCUT2D eigenvalue weighted by atomic mass is 16.5. The van der Waals surface area contributed by atoms with Crippen LogP contribution >= 0.6 is 0 Å². The molecule has 0 aliphatic heterocycles. The highest BCUT2D eigenvalue weighted by Crippen LogP contribution is 1.99. The van der Waals surface area contributed by atoms with E-state index in [1.807, 2.05) is 34.6 Å². The number of rotatable bonds is 10. The second-order valence-corrected chi connectivity index (χ2v) is 5.38. The Balaban J connectivity index is 4.15. The standard InChI is InChI=1S/C14H30N2O3/c1-6-18-10-8-16(9-11-19-7-2)13(17)12-15-14(3,4)5/h15H,6-12H2,1-5H3. The Morgan fingerprint density at radius 2 is 1.53 bits per heavy atom. The average Bonchev–Trinajstić information content (AvgIpc) is 2.33. The summed E-state index contributed by atoms with van der Waals surface area (Å²) in [6, 6.07) is 0. The first-order valence-electron chi connectivity index (χ1n) is 7.09. The van der Waals surface area contributed by atoms with Crippen molar-refractivity contribution in [3.05, 3.63) is 0 Å². The Morgan fingerprint density at radius 3 is 1.89 bits per heavy atom. The summed E-state index contributed by atoms with van der Waals surface area (Å²) in [5, 5.41) is 3.21. The molecule has 0 aliphatic carbocycles. The third kappa shape index (κ3) is 10.9. The fourth-order valence-corrected chi connectivity index (χ4v) is 1.45. The number of hydrogen-bond acceptors (Lipinski definition) is 4. The number of nitrogens with zero attached hydrogens (tertiary/aromatic N) is 1. The van der Waals surface area contributed by atoms with Crippen molar-refractivity contribution >= 4 is 5.91 Å². The van der Waals surface area contributed by atoms with E-state index in [0.717, 1.165) is 0 Å². The van der Waals surface area contributed by atoms with Crippen LogP contribution in [0.15, 0.2) is 0 Å². The zero-order valence-corrected chi connectivity index (χ0v) is 13.1. The van der Waals surface area contributed by atoms with Crippen LogP contribution in [0.1, 0.15) is 34.6 Å². The second kappa shape index (κ2) is 10.2. The van der Waals surface area contributed by atoms with E-state index in [9.17, 15) is 4.79 Å². The molecular weight excluding hydrogens is 244 g/mol. The summed E-state index contributed by atoms with van der Waals surface area (Å²) in [6.07, 6.45) is 0. The van der Waals surface area contributed by atoms with Crippen LogP contribution in [0.25, 0.3) is 0 Å². The Hall–Kier alpha value is -0.650. The van der Waals surface area contributed by atoms with Gasteiger partial charge in [0.25, 0.3) is 0 Å². The largest absolute Gasteiger partial charge is 0.380 e. The normalized spacial score (nSPS) is 11.6.